The third kappa shape index (κ3) is 3.66. The van der Waals surface area contributed by atoms with Crippen LogP contribution in [0.5, 0.6) is 5.75 Å². The number of aromatic nitrogens is 1. The van der Waals surface area contributed by atoms with E-state index in [9.17, 15) is 21.6 Å². The molecule has 0 saturated heterocycles. The molecule has 5 nitrogen and oxygen atoms in total. The molecule has 0 amide bonds. The number of nitrogens with zero attached hydrogens (tertiary/aromatic N) is 1. The lowest BCUT2D eigenvalue weighted by Crippen LogP contribution is -2.29. The van der Waals surface area contributed by atoms with Gasteiger partial charge in [-0.2, -0.15) is 13.2 Å². The van der Waals surface area contributed by atoms with Crippen LogP contribution in [0, 0.1) is 0 Å². The van der Waals surface area contributed by atoms with Gasteiger partial charge in [-0.1, -0.05) is 6.07 Å². The number of alkyl halides is 3. The zero-order valence-electron chi connectivity index (χ0n) is 15.9. The number of methoxy groups -OCH3 is 1. The van der Waals surface area contributed by atoms with Crippen molar-refractivity contribution in [2.45, 2.75) is 36.4 Å². The average molecular weight is 461 g/mol. The monoisotopic (exact) mass is 460 g/mol. The first-order chi connectivity index (χ1) is 13.6. The topological polar surface area (TPSA) is 74.3 Å². The van der Waals surface area contributed by atoms with E-state index < -0.39 is 26.7 Å². The van der Waals surface area contributed by atoms with Crippen LogP contribution in [-0.4, -0.2) is 25.5 Å². The third-order valence-corrected chi connectivity index (χ3v) is 7.01. The van der Waals surface area contributed by atoms with Crippen molar-refractivity contribution in [3.05, 3.63) is 59.3 Å². The molecule has 0 radical (unpaired) electrons. The second kappa shape index (κ2) is 7.79. The lowest BCUT2D eigenvalue weighted by molar-refractivity contribution is -0.137. The van der Waals surface area contributed by atoms with Gasteiger partial charge in [0.25, 0.3) is 10.0 Å². The molecular formula is C20H20ClF3N2O3S. The molecule has 2 N–H and O–H groups in total. The zero-order valence-corrected chi connectivity index (χ0v) is 17.6. The fraction of sp³-hybridized carbons (Fsp3) is 0.300. The second-order valence-corrected chi connectivity index (χ2v) is 8.89. The number of rotatable bonds is 3. The smallest absolute Gasteiger partial charge is 0.416 e. The fourth-order valence-corrected chi connectivity index (χ4v) is 5.51. The van der Waals surface area contributed by atoms with Crippen molar-refractivity contribution in [2.24, 2.45) is 5.73 Å². The minimum atomic E-state index is -4.64. The van der Waals surface area contributed by atoms with Crippen molar-refractivity contribution < 1.29 is 26.3 Å². The first-order valence-corrected chi connectivity index (χ1v) is 10.5. The molecule has 162 valence electrons. The Labute approximate surface area is 178 Å². The van der Waals surface area contributed by atoms with Crippen LogP contribution in [0.1, 0.15) is 23.2 Å². The summed E-state index contributed by atoms with van der Waals surface area (Å²) >= 11 is 0. The van der Waals surface area contributed by atoms with Crippen LogP contribution in [0.25, 0.3) is 10.9 Å². The number of ether oxygens (including phenoxy) is 1. The van der Waals surface area contributed by atoms with Crippen LogP contribution < -0.4 is 10.5 Å². The molecule has 30 heavy (non-hydrogen) atoms. The summed E-state index contributed by atoms with van der Waals surface area (Å²) in [5, 5.41) is 0.685. The van der Waals surface area contributed by atoms with Gasteiger partial charge in [-0.25, -0.2) is 12.4 Å². The summed E-state index contributed by atoms with van der Waals surface area (Å²) in [4.78, 5) is -0.405. The summed E-state index contributed by atoms with van der Waals surface area (Å²) in [6.45, 7) is 0. The van der Waals surface area contributed by atoms with E-state index in [-0.39, 0.29) is 18.4 Å². The molecule has 3 aromatic rings. The van der Waals surface area contributed by atoms with E-state index in [0.29, 0.717) is 47.7 Å². The number of hydrogen-bond acceptors (Lipinski definition) is 4. The molecule has 1 heterocycles. The van der Waals surface area contributed by atoms with Crippen molar-refractivity contribution in [1.29, 1.82) is 0 Å². The van der Waals surface area contributed by atoms with E-state index in [0.717, 1.165) is 17.7 Å². The minimum Gasteiger partial charge on any atom is -0.497 e. The molecule has 1 unspecified atom stereocenters. The summed E-state index contributed by atoms with van der Waals surface area (Å²) < 4.78 is 72.6. The van der Waals surface area contributed by atoms with Crippen LogP contribution in [0.3, 0.4) is 0 Å². The molecule has 1 aliphatic carbocycles. The molecule has 0 fully saturated rings. The first-order valence-electron chi connectivity index (χ1n) is 9.01. The molecular weight excluding hydrogens is 441 g/mol. The van der Waals surface area contributed by atoms with Gasteiger partial charge in [0.05, 0.1) is 23.1 Å². The van der Waals surface area contributed by atoms with Gasteiger partial charge in [0, 0.05) is 17.1 Å². The maximum Gasteiger partial charge on any atom is 0.416 e. The summed E-state index contributed by atoms with van der Waals surface area (Å²) in [7, 11) is -2.74. The molecule has 0 aliphatic heterocycles. The highest BCUT2D eigenvalue weighted by atomic mass is 35.5. The van der Waals surface area contributed by atoms with Gasteiger partial charge in [0.1, 0.15) is 5.75 Å². The summed E-state index contributed by atoms with van der Waals surface area (Å²) in [6.07, 6.45) is -3.13. The molecule has 2 aromatic carbocycles. The van der Waals surface area contributed by atoms with Crippen molar-refractivity contribution in [3.63, 3.8) is 0 Å². The number of hydrogen-bond donors (Lipinski definition) is 1. The molecule has 1 aliphatic rings. The van der Waals surface area contributed by atoms with Crippen LogP contribution in [-0.2, 0) is 29.0 Å². The van der Waals surface area contributed by atoms with Crippen molar-refractivity contribution in [3.8, 4) is 5.75 Å². The van der Waals surface area contributed by atoms with Gasteiger partial charge < -0.3 is 10.5 Å². The van der Waals surface area contributed by atoms with E-state index in [1.54, 1.807) is 18.2 Å². The largest absolute Gasteiger partial charge is 0.497 e. The van der Waals surface area contributed by atoms with Crippen molar-refractivity contribution in [2.75, 3.05) is 7.11 Å². The maximum atomic E-state index is 13.4. The molecule has 0 spiro atoms. The SMILES string of the molecule is COc1ccc2c(c1)c1c(n2S(=O)(=O)c2cccc(C(F)(F)F)c2)CCC(N)C1.Cl. The quantitative estimate of drug-likeness (QED) is 0.637. The highest BCUT2D eigenvalue weighted by Gasteiger charge is 2.34. The molecule has 1 aromatic heterocycles. The third-order valence-electron chi connectivity index (χ3n) is 5.26. The molecule has 1 atom stereocenters. The van der Waals surface area contributed by atoms with E-state index in [1.165, 1.54) is 17.1 Å². The Balaban J connectivity index is 0.00000256. The van der Waals surface area contributed by atoms with Gasteiger partial charge in [0.2, 0.25) is 0 Å². The van der Waals surface area contributed by atoms with E-state index in [4.69, 9.17) is 10.5 Å². The standard InChI is InChI=1S/C20H19F3N2O3S.ClH/c1-28-14-6-8-19-17(11-14)16-10-13(24)5-7-18(16)25(19)29(26,27)15-4-2-3-12(9-15)20(21,22)23;/h2-4,6,8-9,11,13H,5,7,10,24H2,1H3;1H. The van der Waals surface area contributed by atoms with Crippen molar-refractivity contribution >= 4 is 33.3 Å². The molecule has 10 heteroatoms. The fourth-order valence-electron chi connectivity index (χ4n) is 3.86. The van der Waals surface area contributed by atoms with Crippen LogP contribution in [0.4, 0.5) is 13.2 Å². The van der Waals surface area contributed by atoms with Gasteiger partial charge >= 0.3 is 6.18 Å². The van der Waals surface area contributed by atoms with Crippen LogP contribution in [0.2, 0.25) is 0 Å². The number of halogens is 4. The van der Waals surface area contributed by atoms with Crippen LogP contribution >= 0.6 is 12.4 Å². The lowest BCUT2D eigenvalue weighted by atomic mass is 9.92. The highest BCUT2D eigenvalue weighted by molar-refractivity contribution is 7.90. The zero-order chi connectivity index (χ0) is 21.0. The summed E-state index contributed by atoms with van der Waals surface area (Å²) in [5.74, 6) is 0.563. The Kier molecular flexibility index (Phi) is 5.83. The Morgan fingerprint density at radius 2 is 1.90 bits per heavy atom. The normalized spacial score (nSPS) is 16.8. The first kappa shape index (κ1) is 22.5. The Hall–Kier alpha value is -2.23. The summed E-state index contributed by atoms with van der Waals surface area (Å²) in [5.41, 5.74) is 6.85. The molecule has 0 saturated carbocycles. The minimum absolute atomic E-state index is 0. The van der Waals surface area contributed by atoms with E-state index >= 15 is 0 Å². The summed E-state index contributed by atoms with van der Waals surface area (Å²) in [6, 6.07) is 8.69. The highest BCUT2D eigenvalue weighted by Crippen LogP contribution is 2.37. The van der Waals surface area contributed by atoms with Crippen molar-refractivity contribution in [1.82, 2.24) is 3.97 Å². The molecule has 0 bridgehead atoms. The van der Waals surface area contributed by atoms with Crippen LogP contribution in [0.15, 0.2) is 47.4 Å². The van der Waals surface area contributed by atoms with E-state index in [1.807, 2.05) is 0 Å². The Morgan fingerprint density at radius 3 is 2.57 bits per heavy atom. The van der Waals surface area contributed by atoms with Gasteiger partial charge in [-0.05, 0) is 61.2 Å². The van der Waals surface area contributed by atoms with Gasteiger partial charge in [-0.3, -0.25) is 0 Å². The average Bonchev–Trinajstić information content (AvgIpc) is 3.01. The number of benzene rings is 2. The number of fused-ring (bicyclic) bond motifs is 3. The maximum absolute atomic E-state index is 13.4. The van der Waals surface area contributed by atoms with Gasteiger partial charge in [-0.15, -0.1) is 12.4 Å². The molecule has 4 rings (SSSR count). The second-order valence-electron chi connectivity index (χ2n) is 7.11. The Morgan fingerprint density at radius 1 is 1.17 bits per heavy atom. The predicted octanol–water partition coefficient (Wildman–Crippen LogP) is 4.14. The Bertz CT molecular complexity index is 1210. The van der Waals surface area contributed by atoms with Gasteiger partial charge in [0.15, 0.2) is 0 Å². The van der Waals surface area contributed by atoms with E-state index in [2.05, 4.69) is 0 Å². The predicted molar refractivity (Wildman–Crippen MR) is 110 cm³/mol. The number of nitrogens with two attached hydrogens (primary N) is 1. The lowest BCUT2D eigenvalue weighted by Gasteiger charge is -2.21.